The molecule has 0 aromatic heterocycles. The molecule has 0 bridgehead atoms. The molecule has 1 aromatic rings. The third-order valence-corrected chi connectivity index (χ3v) is 3.70. The van der Waals surface area contributed by atoms with E-state index in [0.29, 0.717) is 23.0 Å². The zero-order valence-electron chi connectivity index (χ0n) is 10.8. The summed E-state index contributed by atoms with van der Waals surface area (Å²) in [5.41, 5.74) is -0.303. The summed E-state index contributed by atoms with van der Waals surface area (Å²) < 4.78 is 10.4. The Hall–Kier alpha value is -1.75. The van der Waals surface area contributed by atoms with Gasteiger partial charge < -0.3 is 19.9 Å². The minimum absolute atomic E-state index is 0.191. The minimum Gasteiger partial charge on any atom is -0.454 e. The molecule has 1 atom stereocenters. The molecule has 5 heteroatoms. The molecule has 0 spiro atoms. The van der Waals surface area contributed by atoms with Crippen LogP contribution in [0, 0.1) is 5.92 Å². The molecule has 0 radical (unpaired) electrons. The van der Waals surface area contributed by atoms with Crippen molar-refractivity contribution in [2.24, 2.45) is 5.92 Å². The first-order chi connectivity index (χ1) is 9.06. The number of aliphatic hydroxyl groups is 1. The topological polar surface area (TPSA) is 67.8 Å². The molecule has 1 aromatic carbocycles. The van der Waals surface area contributed by atoms with E-state index in [1.54, 1.807) is 25.1 Å². The van der Waals surface area contributed by atoms with Crippen molar-refractivity contribution >= 4 is 5.91 Å². The van der Waals surface area contributed by atoms with Gasteiger partial charge in [0.25, 0.3) is 5.91 Å². The van der Waals surface area contributed by atoms with Gasteiger partial charge in [-0.2, -0.15) is 0 Å². The van der Waals surface area contributed by atoms with Crippen LogP contribution in [0.4, 0.5) is 0 Å². The summed E-state index contributed by atoms with van der Waals surface area (Å²) in [4.78, 5) is 12.0. The van der Waals surface area contributed by atoms with Crippen molar-refractivity contribution in [2.75, 3.05) is 13.3 Å². The Morgan fingerprint density at radius 1 is 1.42 bits per heavy atom. The van der Waals surface area contributed by atoms with Gasteiger partial charge in [0, 0.05) is 12.1 Å². The van der Waals surface area contributed by atoms with Gasteiger partial charge in [0.05, 0.1) is 5.60 Å². The van der Waals surface area contributed by atoms with Crippen molar-refractivity contribution in [1.29, 1.82) is 0 Å². The maximum atomic E-state index is 12.0. The number of nitrogens with one attached hydrogen (secondary N) is 1. The van der Waals surface area contributed by atoms with E-state index in [0.717, 1.165) is 12.8 Å². The summed E-state index contributed by atoms with van der Waals surface area (Å²) in [6.45, 7) is 2.23. The fourth-order valence-corrected chi connectivity index (χ4v) is 2.25. The molecule has 19 heavy (non-hydrogen) atoms. The molecular formula is C14H17NO4. The number of ether oxygens (including phenoxy) is 2. The van der Waals surface area contributed by atoms with Crippen LogP contribution in [-0.2, 0) is 0 Å². The van der Waals surface area contributed by atoms with Gasteiger partial charge in [-0.3, -0.25) is 4.79 Å². The number of hydrogen-bond acceptors (Lipinski definition) is 4. The van der Waals surface area contributed by atoms with Gasteiger partial charge in [-0.25, -0.2) is 0 Å². The number of amides is 1. The van der Waals surface area contributed by atoms with Gasteiger partial charge in [-0.05, 0) is 43.9 Å². The Bertz CT molecular complexity index is 508. The van der Waals surface area contributed by atoms with Crippen molar-refractivity contribution in [2.45, 2.75) is 25.4 Å². The van der Waals surface area contributed by atoms with E-state index in [2.05, 4.69) is 5.32 Å². The highest BCUT2D eigenvalue weighted by Crippen LogP contribution is 2.39. The quantitative estimate of drug-likeness (QED) is 0.859. The lowest BCUT2D eigenvalue weighted by molar-refractivity contribution is 0.0354. The highest BCUT2D eigenvalue weighted by molar-refractivity contribution is 5.95. The molecule has 0 unspecified atom stereocenters. The van der Waals surface area contributed by atoms with Crippen LogP contribution in [0.2, 0.25) is 0 Å². The largest absolute Gasteiger partial charge is 0.454 e. The molecule has 1 fully saturated rings. The van der Waals surface area contributed by atoms with Crippen LogP contribution in [0.3, 0.4) is 0 Å². The maximum Gasteiger partial charge on any atom is 0.251 e. The lowest BCUT2D eigenvalue weighted by Crippen LogP contribution is -2.42. The molecule has 2 N–H and O–H groups in total. The monoisotopic (exact) mass is 263 g/mol. The normalized spacial score (nSPS) is 19.9. The van der Waals surface area contributed by atoms with E-state index in [1.807, 2.05) is 0 Å². The van der Waals surface area contributed by atoms with Gasteiger partial charge in [-0.15, -0.1) is 0 Å². The smallest absolute Gasteiger partial charge is 0.251 e. The van der Waals surface area contributed by atoms with Gasteiger partial charge in [0.2, 0.25) is 6.79 Å². The molecule has 1 amide bonds. The highest BCUT2D eigenvalue weighted by atomic mass is 16.7. The van der Waals surface area contributed by atoms with Crippen molar-refractivity contribution < 1.29 is 19.4 Å². The predicted molar refractivity (Wildman–Crippen MR) is 68.2 cm³/mol. The maximum absolute atomic E-state index is 12.0. The van der Waals surface area contributed by atoms with E-state index < -0.39 is 5.60 Å². The lowest BCUT2D eigenvalue weighted by Gasteiger charge is -2.23. The van der Waals surface area contributed by atoms with Crippen LogP contribution in [-0.4, -0.2) is 30.0 Å². The average molecular weight is 263 g/mol. The van der Waals surface area contributed by atoms with Crippen molar-refractivity contribution in [3.8, 4) is 11.5 Å². The second-order valence-electron chi connectivity index (χ2n) is 5.38. The minimum atomic E-state index is -0.813. The van der Waals surface area contributed by atoms with Gasteiger partial charge >= 0.3 is 0 Å². The van der Waals surface area contributed by atoms with E-state index in [1.165, 1.54) is 0 Å². The Morgan fingerprint density at radius 3 is 2.89 bits per heavy atom. The number of carbonyl (C=O) groups excluding carboxylic acids is 1. The summed E-state index contributed by atoms with van der Waals surface area (Å²) in [7, 11) is 0. The Labute approximate surface area is 111 Å². The number of fused-ring (bicyclic) bond motifs is 1. The molecule has 1 saturated carbocycles. The Kier molecular flexibility index (Phi) is 2.86. The van der Waals surface area contributed by atoms with Crippen LogP contribution < -0.4 is 14.8 Å². The summed E-state index contributed by atoms with van der Waals surface area (Å²) >= 11 is 0. The second-order valence-corrected chi connectivity index (χ2v) is 5.38. The first-order valence-electron chi connectivity index (χ1n) is 6.46. The standard InChI is InChI=1S/C14H17NO4/c1-14(17,10-3-4-10)7-15-13(16)9-2-5-11-12(6-9)19-8-18-11/h2,5-6,10,17H,3-4,7-8H2,1H3,(H,15,16)/t14-/m0/s1. The predicted octanol–water partition coefficient (Wildman–Crippen LogP) is 1.31. The SMILES string of the molecule is C[C@](O)(CNC(=O)c1ccc2c(c1)OCO2)C1CC1. The Morgan fingerprint density at radius 2 is 2.16 bits per heavy atom. The number of hydrogen-bond donors (Lipinski definition) is 2. The van der Waals surface area contributed by atoms with Crippen molar-refractivity contribution in [1.82, 2.24) is 5.32 Å². The van der Waals surface area contributed by atoms with E-state index in [9.17, 15) is 9.90 Å². The molecule has 1 heterocycles. The third kappa shape index (κ3) is 2.51. The highest BCUT2D eigenvalue weighted by Gasteiger charge is 2.40. The molecule has 2 aliphatic rings. The first-order valence-corrected chi connectivity index (χ1v) is 6.46. The molecule has 3 rings (SSSR count). The first kappa shape index (κ1) is 12.3. The summed E-state index contributed by atoms with van der Waals surface area (Å²) in [6, 6.07) is 5.06. The molecule has 5 nitrogen and oxygen atoms in total. The second kappa shape index (κ2) is 4.42. The van der Waals surface area contributed by atoms with Crippen LogP contribution in [0.25, 0.3) is 0 Å². The van der Waals surface area contributed by atoms with Crippen LogP contribution in [0.5, 0.6) is 11.5 Å². The average Bonchev–Trinajstić information content (AvgIpc) is 3.15. The molecule has 0 saturated heterocycles. The molecular weight excluding hydrogens is 246 g/mol. The molecule has 102 valence electrons. The summed E-state index contributed by atoms with van der Waals surface area (Å²) in [5.74, 6) is 1.34. The van der Waals surface area contributed by atoms with Gasteiger partial charge in [0.15, 0.2) is 11.5 Å². The van der Waals surface area contributed by atoms with Crippen molar-refractivity contribution in [3.63, 3.8) is 0 Å². The van der Waals surface area contributed by atoms with Crippen LogP contribution >= 0.6 is 0 Å². The molecule has 1 aliphatic heterocycles. The summed E-state index contributed by atoms with van der Waals surface area (Å²) in [6.07, 6.45) is 2.07. The third-order valence-electron chi connectivity index (χ3n) is 3.70. The van der Waals surface area contributed by atoms with Gasteiger partial charge in [-0.1, -0.05) is 0 Å². The lowest BCUT2D eigenvalue weighted by atomic mass is 10.0. The van der Waals surface area contributed by atoms with Crippen LogP contribution in [0.15, 0.2) is 18.2 Å². The van der Waals surface area contributed by atoms with E-state index in [4.69, 9.17) is 9.47 Å². The van der Waals surface area contributed by atoms with E-state index in [-0.39, 0.29) is 19.2 Å². The molecule has 1 aliphatic carbocycles. The zero-order valence-corrected chi connectivity index (χ0v) is 10.8. The Balaban J connectivity index is 1.64. The number of benzene rings is 1. The number of carbonyl (C=O) groups is 1. The fraction of sp³-hybridized carbons (Fsp3) is 0.500. The van der Waals surface area contributed by atoms with Crippen molar-refractivity contribution in [3.05, 3.63) is 23.8 Å². The summed E-state index contributed by atoms with van der Waals surface area (Å²) in [5, 5.41) is 12.9. The number of rotatable bonds is 4. The van der Waals surface area contributed by atoms with E-state index >= 15 is 0 Å². The van der Waals surface area contributed by atoms with Crippen LogP contribution in [0.1, 0.15) is 30.1 Å². The zero-order chi connectivity index (χ0) is 13.5. The fourth-order valence-electron chi connectivity index (χ4n) is 2.25. The van der Waals surface area contributed by atoms with Gasteiger partial charge in [0.1, 0.15) is 0 Å².